The molecule has 0 aliphatic heterocycles. The monoisotopic (exact) mass is 313 g/mol. The van der Waals surface area contributed by atoms with Gasteiger partial charge in [0.2, 0.25) is 0 Å². The summed E-state index contributed by atoms with van der Waals surface area (Å²) >= 11 is 0. The number of hydrogen-bond donors (Lipinski definition) is 2. The van der Waals surface area contributed by atoms with Gasteiger partial charge in [-0.3, -0.25) is 0 Å². The molecule has 0 fully saturated rings. The molecule has 0 amide bonds. The summed E-state index contributed by atoms with van der Waals surface area (Å²) in [5, 5.41) is 8.72. The first-order valence-corrected chi connectivity index (χ1v) is 5.45. The topological polar surface area (TPSA) is 73.9 Å². The van der Waals surface area contributed by atoms with Crippen LogP contribution in [0.1, 0.15) is 11.6 Å². The molecule has 5 nitrogen and oxygen atoms in total. The summed E-state index contributed by atoms with van der Waals surface area (Å²) < 4.78 is 42.1. The number of halogens is 3. The van der Waals surface area contributed by atoms with Crippen molar-refractivity contribution in [2.45, 2.75) is 12.0 Å². The molecule has 0 aliphatic rings. The maximum absolute atomic E-state index is 13.5. The van der Waals surface area contributed by atoms with Crippen LogP contribution in [0.25, 0.3) is 0 Å². The van der Waals surface area contributed by atoms with Gasteiger partial charge in [0, 0.05) is 12.1 Å². The minimum absolute atomic E-state index is 0. The van der Waals surface area contributed by atoms with E-state index in [9.17, 15) is 8.78 Å². The van der Waals surface area contributed by atoms with Crippen molar-refractivity contribution in [2.75, 3.05) is 27.9 Å². The van der Waals surface area contributed by atoms with Crippen molar-refractivity contribution in [1.29, 1.82) is 0 Å². The SMILES string of the molecule is COc1cc(OC)c([C@@H](N)C(F)(F)CO)c(OC)c1.Cl. The zero-order valence-corrected chi connectivity index (χ0v) is 12.2. The molecule has 3 N–H and O–H groups in total. The largest absolute Gasteiger partial charge is 0.496 e. The Kier molecular flexibility index (Phi) is 6.98. The Morgan fingerprint density at radius 1 is 1.15 bits per heavy atom. The highest BCUT2D eigenvalue weighted by Gasteiger charge is 2.40. The van der Waals surface area contributed by atoms with Crippen molar-refractivity contribution in [2.24, 2.45) is 5.73 Å². The van der Waals surface area contributed by atoms with E-state index in [0.29, 0.717) is 5.75 Å². The number of aliphatic hydroxyl groups excluding tert-OH is 1. The molecule has 0 unspecified atom stereocenters. The molecule has 0 bridgehead atoms. The van der Waals surface area contributed by atoms with Crippen molar-refractivity contribution in [3.63, 3.8) is 0 Å². The second kappa shape index (κ2) is 7.47. The zero-order valence-electron chi connectivity index (χ0n) is 11.4. The third kappa shape index (κ3) is 3.62. The van der Waals surface area contributed by atoms with Crippen LogP contribution in [0.2, 0.25) is 0 Å². The third-order valence-electron chi connectivity index (χ3n) is 2.73. The molecule has 1 rings (SSSR count). The summed E-state index contributed by atoms with van der Waals surface area (Å²) in [6.07, 6.45) is 0. The molecule has 20 heavy (non-hydrogen) atoms. The second-order valence-corrected chi connectivity index (χ2v) is 3.84. The highest BCUT2D eigenvalue weighted by molar-refractivity contribution is 5.85. The van der Waals surface area contributed by atoms with Crippen LogP contribution in [0, 0.1) is 0 Å². The van der Waals surface area contributed by atoms with Crippen LogP contribution in [0.5, 0.6) is 17.2 Å². The third-order valence-corrected chi connectivity index (χ3v) is 2.73. The number of aliphatic hydroxyl groups is 1. The Labute approximate surface area is 122 Å². The van der Waals surface area contributed by atoms with Gasteiger partial charge in [-0.05, 0) is 0 Å². The number of nitrogens with two attached hydrogens (primary N) is 1. The first kappa shape index (κ1) is 18.7. The summed E-state index contributed by atoms with van der Waals surface area (Å²) in [7, 11) is 4.07. The summed E-state index contributed by atoms with van der Waals surface area (Å²) in [5.74, 6) is -2.89. The summed E-state index contributed by atoms with van der Waals surface area (Å²) in [4.78, 5) is 0. The minimum Gasteiger partial charge on any atom is -0.496 e. The molecule has 0 spiro atoms. The fourth-order valence-electron chi connectivity index (χ4n) is 1.65. The van der Waals surface area contributed by atoms with Gasteiger partial charge in [-0.2, -0.15) is 0 Å². The molecule has 0 saturated carbocycles. The average molecular weight is 314 g/mol. The lowest BCUT2D eigenvalue weighted by Crippen LogP contribution is -2.36. The van der Waals surface area contributed by atoms with Gasteiger partial charge in [0.25, 0.3) is 5.92 Å². The highest BCUT2D eigenvalue weighted by Crippen LogP contribution is 2.42. The Bertz CT molecular complexity index is 420. The Morgan fingerprint density at radius 2 is 1.60 bits per heavy atom. The van der Waals surface area contributed by atoms with Gasteiger partial charge in [0.15, 0.2) is 0 Å². The Balaban J connectivity index is 0.00000361. The molecule has 0 aliphatic carbocycles. The predicted molar refractivity (Wildman–Crippen MR) is 72.3 cm³/mol. The molecule has 1 atom stereocenters. The van der Waals surface area contributed by atoms with E-state index in [2.05, 4.69) is 0 Å². The van der Waals surface area contributed by atoms with Crippen LogP contribution < -0.4 is 19.9 Å². The van der Waals surface area contributed by atoms with E-state index in [-0.39, 0.29) is 29.5 Å². The van der Waals surface area contributed by atoms with Gasteiger partial charge < -0.3 is 25.1 Å². The van der Waals surface area contributed by atoms with Crippen LogP contribution in [0.4, 0.5) is 8.78 Å². The first-order chi connectivity index (χ1) is 8.91. The number of hydrogen-bond acceptors (Lipinski definition) is 5. The molecule has 0 radical (unpaired) electrons. The van der Waals surface area contributed by atoms with E-state index in [1.807, 2.05) is 0 Å². The maximum atomic E-state index is 13.5. The fraction of sp³-hybridized carbons (Fsp3) is 0.500. The van der Waals surface area contributed by atoms with Gasteiger partial charge in [-0.15, -0.1) is 12.4 Å². The molecule has 1 aromatic rings. The molecule has 1 aromatic carbocycles. The lowest BCUT2D eigenvalue weighted by molar-refractivity contribution is -0.0719. The molecule has 116 valence electrons. The van der Waals surface area contributed by atoms with E-state index in [1.165, 1.54) is 33.5 Å². The molecular formula is C12H18ClF2NO4. The van der Waals surface area contributed by atoms with Crippen LogP contribution in [-0.4, -0.2) is 39.0 Å². The van der Waals surface area contributed by atoms with Crippen LogP contribution in [-0.2, 0) is 0 Å². The van der Waals surface area contributed by atoms with Gasteiger partial charge in [0.05, 0.1) is 26.9 Å². The van der Waals surface area contributed by atoms with Gasteiger partial charge >= 0.3 is 0 Å². The molecule has 0 saturated heterocycles. The standard InChI is InChI=1S/C12H17F2NO4.ClH/c1-17-7-4-8(18-2)10(9(5-7)19-3)11(15)12(13,14)6-16;/h4-5,11,16H,6,15H2,1-3H3;1H/t11-;/m1./s1. The van der Waals surface area contributed by atoms with Crippen molar-refractivity contribution in [3.8, 4) is 17.2 Å². The van der Waals surface area contributed by atoms with Crippen molar-refractivity contribution in [3.05, 3.63) is 17.7 Å². The van der Waals surface area contributed by atoms with Crippen molar-refractivity contribution in [1.82, 2.24) is 0 Å². The quantitative estimate of drug-likeness (QED) is 0.837. The number of methoxy groups -OCH3 is 3. The van der Waals surface area contributed by atoms with E-state index in [1.54, 1.807) is 0 Å². The predicted octanol–water partition coefficient (Wildman–Crippen LogP) is 1.76. The Hall–Kier alpha value is -1.31. The van der Waals surface area contributed by atoms with Gasteiger partial charge in [-0.1, -0.05) is 0 Å². The first-order valence-electron chi connectivity index (χ1n) is 5.45. The van der Waals surface area contributed by atoms with Crippen molar-refractivity contribution < 1.29 is 28.1 Å². The van der Waals surface area contributed by atoms with Crippen molar-refractivity contribution >= 4 is 12.4 Å². The number of benzene rings is 1. The minimum atomic E-state index is -3.49. The van der Waals surface area contributed by atoms with Crippen LogP contribution in [0.3, 0.4) is 0 Å². The highest BCUT2D eigenvalue weighted by atomic mass is 35.5. The van der Waals surface area contributed by atoms with E-state index >= 15 is 0 Å². The van der Waals surface area contributed by atoms with Gasteiger partial charge in [0.1, 0.15) is 29.9 Å². The number of rotatable bonds is 6. The van der Waals surface area contributed by atoms with E-state index in [4.69, 9.17) is 25.1 Å². The maximum Gasteiger partial charge on any atom is 0.289 e. The molecule has 8 heteroatoms. The van der Waals surface area contributed by atoms with Crippen LogP contribution >= 0.6 is 12.4 Å². The Morgan fingerprint density at radius 3 is 1.90 bits per heavy atom. The summed E-state index contributed by atoms with van der Waals surface area (Å²) in [5.41, 5.74) is 5.49. The van der Waals surface area contributed by atoms with E-state index < -0.39 is 18.6 Å². The normalized spacial score (nSPS) is 12.3. The molecule has 0 aromatic heterocycles. The average Bonchev–Trinajstić information content (AvgIpc) is 2.44. The second-order valence-electron chi connectivity index (χ2n) is 3.84. The van der Waals surface area contributed by atoms with E-state index in [0.717, 1.165) is 0 Å². The summed E-state index contributed by atoms with van der Waals surface area (Å²) in [6, 6.07) is 1.09. The molecular weight excluding hydrogens is 296 g/mol. The fourth-order valence-corrected chi connectivity index (χ4v) is 1.65. The smallest absolute Gasteiger partial charge is 0.289 e. The lowest BCUT2D eigenvalue weighted by Gasteiger charge is -2.25. The number of alkyl halides is 2. The zero-order chi connectivity index (χ0) is 14.6. The number of ether oxygens (including phenoxy) is 3. The lowest BCUT2D eigenvalue weighted by atomic mass is 9.99. The van der Waals surface area contributed by atoms with Gasteiger partial charge in [-0.25, -0.2) is 8.78 Å². The molecule has 0 heterocycles. The summed E-state index contributed by atoms with van der Waals surface area (Å²) in [6.45, 7) is -1.37. The van der Waals surface area contributed by atoms with Crippen LogP contribution in [0.15, 0.2) is 12.1 Å².